The molecule has 29 heavy (non-hydrogen) atoms. The fourth-order valence-corrected chi connectivity index (χ4v) is 4.41. The summed E-state index contributed by atoms with van der Waals surface area (Å²) in [4.78, 5) is 23.4. The highest BCUT2D eigenvalue weighted by molar-refractivity contribution is 7.89. The molecule has 2 rings (SSSR count). The van der Waals surface area contributed by atoms with Gasteiger partial charge in [-0.3, -0.25) is 20.4 Å². The van der Waals surface area contributed by atoms with Crippen LogP contribution in [0.1, 0.15) is 6.92 Å². The first-order valence-corrected chi connectivity index (χ1v) is 10.3. The van der Waals surface area contributed by atoms with Crippen molar-refractivity contribution in [2.75, 3.05) is 6.61 Å². The van der Waals surface area contributed by atoms with Crippen LogP contribution in [0, 0.1) is 5.82 Å². The minimum absolute atomic E-state index is 0.115. The first kappa shape index (κ1) is 22.9. The summed E-state index contributed by atoms with van der Waals surface area (Å²) in [5.41, 5.74) is 4.06. The second kappa shape index (κ2) is 9.88. The zero-order valence-electron chi connectivity index (χ0n) is 14.9. The Morgan fingerprint density at radius 3 is 2.31 bits per heavy atom. The van der Waals surface area contributed by atoms with Crippen LogP contribution >= 0.6 is 23.2 Å². The third-order valence-corrected chi connectivity index (χ3v) is 5.93. The van der Waals surface area contributed by atoms with Crippen LogP contribution in [0.15, 0.2) is 47.4 Å². The minimum atomic E-state index is -4.21. The standard InChI is InChI=1S/C17H16Cl2FN3O5S/c1-10(23-29(26,27)16-11(18)5-4-6-12(16)19)17(25)22-21-15(24)9-28-14-8-3-2-7-13(14)20/h2-8,10,23H,9H2,1H3,(H,21,24)(H,22,25)/t10-/m1/s1. The van der Waals surface area contributed by atoms with E-state index in [1.807, 2.05) is 10.9 Å². The maximum absolute atomic E-state index is 13.4. The Morgan fingerprint density at radius 1 is 1.07 bits per heavy atom. The third kappa shape index (κ3) is 6.29. The van der Waals surface area contributed by atoms with Crippen LogP contribution in [0.25, 0.3) is 0 Å². The quantitative estimate of drug-likeness (QED) is 0.543. The van der Waals surface area contributed by atoms with Gasteiger partial charge < -0.3 is 4.74 Å². The lowest BCUT2D eigenvalue weighted by Crippen LogP contribution is -2.51. The molecule has 156 valence electrons. The van der Waals surface area contributed by atoms with E-state index in [4.69, 9.17) is 27.9 Å². The van der Waals surface area contributed by atoms with Crippen LogP contribution < -0.4 is 20.3 Å². The van der Waals surface area contributed by atoms with Crippen LogP contribution in [-0.2, 0) is 19.6 Å². The molecule has 0 aliphatic carbocycles. The Balaban J connectivity index is 1.89. The monoisotopic (exact) mass is 463 g/mol. The maximum Gasteiger partial charge on any atom is 0.276 e. The van der Waals surface area contributed by atoms with E-state index >= 15 is 0 Å². The second-order valence-corrected chi connectivity index (χ2v) is 8.12. The molecule has 0 fully saturated rings. The summed E-state index contributed by atoms with van der Waals surface area (Å²) in [6, 6.07) is 8.34. The van der Waals surface area contributed by atoms with Crippen molar-refractivity contribution in [1.29, 1.82) is 0 Å². The average molecular weight is 464 g/mol. The van der Waals surface area contributed by atoms with E-state index in [-0.39, 0.29) is 20.7 Å². The number of carbonyl (C=O) groups excluding carboxylic acids is 2. The fraction of sp³-hybridized carbons (Fsp3) is 0.176. The molecule has 2 amide bonds. The van der Waals surface area contributed by atoms with Gasteiger partial charge in [0.15, 0.2) is 18.2 Å². The zero-order chi connectivity index (χ0) is 21.6. The molecule has 0 unspecified atom stereocenters. The maximum atomic E-state index is 13.4. The van der Waals surface area contributed by atoms with Crippen molar-refractivity contribution in [3.63, 3.8) is 0 Å². The molecule has 3 N–H and O–H groups in total. The number of hydrogen-bond donors (Lipinski definition) is 3. The molecule has 1 atom stereocenters. The highest BCUT2D eigenvalue weighted by atomic mass is 35.5. The van der Waals surface area contributed by atoms with Crippen molar-refractivity contribution < 1.29 is 27.1 Å². The first-order chi connectivity index (χ1) is 13.6. The van der Waals surface area contributed by atoms with Gasteiger partial charge in [-0.25, -0.2) is 12.8 Å². The molecule has 2 aromatic rings. The number of hydrogen-bond acceptors (Lipinski definition) is 5. The molecule has 0 heterocycles. The smallest absolute Gasteiger partial charge is 0.276 e. The lowest BCUT2D eigenvalue weighted by atomic mass is 10.3. The van der Waals surface area contributed by atoms with Crippen molar-refractivity contribution >= 4 is 45.0 Å². The van der Waals surface area contributed by atoms with E-state index in [0.29, 0.717) is 0 Å². The lowest BCUT2D eigenvalue weighted by Gasteiger charge is -2.16. The predicted octanol–water partition coefficient (Wildman–Crippen LogP) is 2.03. The molecule has 0 aromatic heterocycles. The summed E-state index contributed by atoms with van der Waals surface area (Å²) in [7, 11) is -4.21. The predicted molar refractivity (Wildman–Crippen MR) is 104 cm³/mol. The Kier molecular flexibility index (Phi) is 7.80. The highest BCUT2D eigenvalue weighted by Crippen LogP contribution is 2.28. The van der Waals surface area contributed by atoms with E-state index in [2.05, 4.69) is 4.72 Å². The second-order valence-electron chi connectivity index (χ2n) is 5.65. The molecule has 8 nitrogen and oxygen atoms in total. The number of carbonyl (C=O) groups is 2. The molecule has 0 saturated carbocycles. The normalized spacial score (nSPS) is 12.1. The molecule has 12 heteroatoms. The molecule has 0 aliphatic rings. The Bertz CT molecular complexity index is 1000. The molecule has 0 radical (unpaired) electrons. The number of amides is 2. The fourth-order valence-electron chi connectivity index (χ4n) is 2.07. The molecule has 0 saturated heterocycles. The average Bonchev–Trinajstić information content (AvgIpc) is 2.64. The summed E-state index contributed by atoms with van der Waals surface area (Å²) in [6.45, 7) is 0.677. The molecule has 0 spiro atoms. The van der Waals surface area contributed by atoms with Crippen molar-refractivity contribution in [3.8, 4) is 5.75 Å². The number of ether oxygens (including phenoxy) is 1. The Labute approximate surface area is 176 Å². The van der Waals surface area contributed by atoms with Gasteiger partial charge >= 0.3 is 0 Å². The van der Waals surface area contributed by atoms with E-state index in [0.717, 1.165) is 6.07 Å². The van der Waals surface area contributed by atoms with Gasteiger partial charge in [0.2, 0.25) is 10.0 Å². The number of benzene rings is 2. The van der Waals surface area contributed by atoms with Crippen molar-refractivity contribution in [2.45, 2.75) is 17.9 Å². The van der Waals surface area contributed by atoms with E-state index in [9.17, 15) is 22.4 Å². The van der Waals surface area contributed by atoms with Crippen LogP contribution in [0.2, 0.25) is 10.0 Å². The molecule has 0 bridgehead atoms. The number of hydrazine groups is 1. The van der Waals surface area contributed by atoms with Crippen LogP contribution in [-0.4, -0.2) is 32.9 Å². The molecular weight excluding hydrogens is 448 g/mol. The van der Waals surface area contributed by atoms with Crippen molar-refractivity contribution in [3.05, 3.63) is 58.3 Å². The van der Waals surface area contributed by atoms with Gasteiger partial charge in [0, 0.05) is 0 Å². The number of nitrogens with one attached hydrogen (secondary N) is 3. The Hall–Kier alpha value is -2.40. The number of para-hydroxylation sites is 1. The zero-order valence-corrected chi connectivity index (χ0v) is 17.2. The molecule has 0 aliphatic heterocycles. The van der Waals surface area contributed by atoms with Gasteiger partial charge in [0.1, 0.15) is 4.90 Å². The van der Waals surface area contributed by atoms with E-state index in [1.54, 1.807) is 0 Å². The van der Waals surface area contributed by atoms with Gasteiger partial charge in [-0.15, -0.1) is 0 Å². The summed E-state index contributed by atoms with van der Waals surface area (Å²) < 4.78 is 45.3. The first-order valence-electron chi connectivity index (χ1n) is 8.04. The van der Waals surface area contributed by atoms with Gasteiger partial charge in [-0.05, 0) is 31.2 Å². The summed E-state index contributed by atoms with van der Waals surface area (Å²) >= 11 is 11.7. The van der Waals surface area contributed by atoms with E-state index < -0.39 is 40.3 Å². The number of halogens is 3. The summed E-state index contributed by atoms with van der Waals surface area (Å²) in [6.07, 6.45) is 0. The van der Waals surface area contributed by atoms with Crippen LogP contribution in [0.5, 0.6) is 5.75 Å². The topological polar surface area (TPSA) is 114 Å². The highest BCUT2D eigenvalue weighted by Gasteiger charge is 2.26. The van der Waals surface area contributed by atoms with Crippen molar-refractivity contribution in [1.82, 2.24) is 15.6 Å². The SMILES string of the molecule is C[C@@H](NS(=O)(=O)c1c(Cl)cccc1Cl)C(=O)NNC(=O)COc1ccccc1F. The van der Waals surface area contributed by atoms with Crippen molar-refractivity contribution in [2.24, 2.45) is 0 Å². The lowest BCUT2D eigenvalue weighted by molar-refractivity contribution is -0.130. The van der Waals surface area contributed by atoms with Crippen LogP contribution in [0.4, 0.5) is 4.39 Å². The largest absolute Gasteiger partial charge is 0.481 e. The number of sulfonamides is 1. The van der Waals surface area contributed by atoms with Gasteiger partial charge in [-0.1, -0.05) is 41.4 Å². The van der Waals surface area contributed by atoms with Gasteiger partial charge in [0.25, 0.3) is 11.8 Å². The minimum Gasteiger partial charge on any atom is -0.481 e. The summed E-state index contributed by atoms with van der Waals surface area (Å²) in [5.74, 6) is -2.43. The Morgan fingerprint density at radius 2 is 1.69 bits per heavy atom. The van der Waals surface area contributed by atoms with E-state index in [1.165, 1.54) is 43.3 Å². The molecule has 2 aromatic carbocycles. The van der Waals surface area contributed by atoms with Crippen LogP contribution in [0.3, 0.4) is 0 Å². The summed E-state index contributed by atoms with van der Waals surface area (Å²) in [5, 5.41) is -0.229. The number of rotatable bonds is 7. The van der Waals surface area contributed by atoms with Gasteiger partial charge in [-0.2, -0.15) is 4.72 Å². The molecular formula is C17H16Cl2FN3O5S. The van der Waals surface area contributed by atoms with Gasteiger partial charge in [0.05, 0.1) is 16.1 Å². The third-order valence-electron chi connectivity index (χ3n) is 3.43.